The summed E-state index contributed by atoms with van der Waals surface area (Å²) in [6.45, 7) is 10.7. The molecule has 1 aliphatic heterocycles. The summed E-state index contributed by atoms with van der Waals surface area (Å²) in [6, 6.07) is 16.9. The van der Waals surface area contributed by atoms with Crippen molar-refractivity contribution in [2.24, 2.45) is 5.92 Å². The molecule has 1 amide bonds. The third kappa shape index (κ3) is 8.25. The number of aliphatic hydroxyl groups excluding tert-OH is 1. The van der Waals surface area contributed by atoms with Crippen molar-refractivity contribution in [1.82, 2.24) is 19.9 Å². The molecule has 3 heterocycles. The standard InChI is InChI=1S/C35H42N6O5S/c1-6-28(42)19-37-31-14-13-25(18-36-31)20-41-27(15-22(2)3)21-46-32-17-30(33-23(4)9-7-10-24(33)5)38-35(39-32)40-47(44,45)29-12-8-11-26(16-29)34(41)43/h7-14,16-18,22,27-28,42H,6,15,19-21H2,1-5H3,(H,36,37)(H,38,39,40)/t27-,28+/m1/s1. The van der Waals surface area contributed by atoms with Crippen LogP contribution in [0.5, 0.6) is 5.88 Å². The minimum atomic E-state index is -4.16. The quantitative estimate of drug-likeness (QED) is 0.210. The highest BCUT2D eigenvalue weighted by Crippen LogP contribution is 2.30. The van der Waals surface area contributed by atoms with Gasteiger partial charge in [-0.05, 0) is 73.6 Å². The van der Waals surface area contributed by atoms with Crippen LogP contribution in [0.2, 0.25) is 0 Å². The number of anilines is 2. The van der Waals surface area contributed by atoms with Gasteiger partial charge in [0.1, 0.15) is 12.4 Å². The summed E-state index contributed by atoms with van der Waals surface area (Å²) in [5.41, 5.74) is 4.33. The molecule has 0 fully saturated rings. The Morgan fingerprint density at radius 2 is 1.81 bits per heavy atom. The van der Waals surface area contributed by atoms with Crippen molar-refractivity contribution >= 4 is 27.7 Å². The van der Waals surface area contributed by atoms with Gasteiger partial charge in [0, 0.05) is 36.5 Å². The maximum Gasteiger partial charge on any atom is 0.264 e. The van der Waals surface area contributed by atoms with Crippen molar-refractivity contribution < 1.29 is 23.1 Å². The summed E-state index contributed by atoms with van der Waals surface area (Å²) in [5.74, 6) is 0.555. The van der Waals surface area contributed by atoms with Crippen molar-refractivity contribution in [3.8, 4) is 17.1 Å². The van der Waals surface area contributed by atoms with Crippen molar-refractivity contribution in [2.75, 3.05) is 23.2 Å². The molecule has 0 spiro atoms. The molecule has 2 atom stereocenters. The van der Waals surface area contributed by atoms with E-state index < -0.39 is 22.2 Å². The number of rotatable bonds is 9. The van der Waals surface area contributed by atoms with Gasteiger partial charge in [-0.1, -0.05) is 51.1 Å². The molecule has 5 rings (SSSR count). The monoisotopic (exact) mass is 658 g/mol. The number of fused-ring (bicyclic) bond motifs is 4. The Kier molecular flexibility index (Phi) is 10.4. The number of aliphatic hydroxyl groups is 1. The van der Waals surface area contributed by atoms with Gasteiger partial charge in [-0.25, -0.2) is 23.1 Å². The van der Waals surface area contributed by atoms with Gasteiger partial charge in [0.15, 0.2) is 0 Å². The van der Waals surface area contributed by atoms with E-state index in [4.69, 9.17) is 4.74 Å². The Hall–Kier alpha value is -4.55. The van der Waals surface area contributed by atoms with E-state index in [2.05, 4.69) is 38.8 Å². The summed E-state index contributed by atoms with van der Waals surface area (Å²) < 4.78 is 36.0. The van der Waals surface area contributed by atoms with Gasteiger partial charge in [-0.3, -0.25) is 4.79 Å². The number of benzene rings is 2. The largest absolute Gasteiger partial charge is 0.475 e. The van der Waals surface area contributed by atoms with Gasteiger partial charge >= 0.3 is 0 Å². The number of nitrogens with zero attached hydrogens (tertiary/aromatic N) is 4. The van der Waals surface area contributed by atoms with Gasteiger partial charge < -0.3 is 20.1 Å². The highest BCUT2D eigenvalue weighted by atomic mass is 32.2. The number of aromatic nitrogens is 3. The number of nitrogens with one attached hydrogen (secondary N) is 2. The van der Waals surface area contributed by atoms with Crippen LogP contribution in [0.1, 0.15) is 60.7 Å². The predicted octanol–water partition coefficient (Wildman–Crippen LogP) is 5.59. The molecule has 1 aliphatic rings. The molecule has 2 aromatic carbocycles. The fourth-order valence-corrected chi connectivity index (χ4v) is 6.59. The Morgan fingerprint density at radius 3 is 2.49 bits per heavy atom. The fraction of sp³-hybridized carbons (Fsp3) is 0.371. The average Bonchev–Trinajstić information content (AvgIpc) is 3.04. The highest BCUT2D eigenvalue weighted by molar-refractivity contribution is 7.92. The highest BCUT2D eigenvalue weighted by Gasteiger charge is 2.29. The molecular formula is C35H42N6O5S. The Labute approximate surface area is 276 Å². The van der Waals surface area contributed by atoms with E-state index >= 15 is 0 Å². The summed E-state index contributed by atoms with van der Waals surface area (Å²) >= 11 is 0. The third-order valence-electron chi connectivity index (χ3n) is 8.09. The van der Waals surface area contributed by atoms with Crippen LogP contribution in [-0.2, 0) is 16.6 Å². The van der Waals surface area contributed by atoms with Crippen LogP contribution >= 0.6 is 0 Å². The van der Waals surface area contributed by atoms with Gasteiger partial charge in [0.25, 0.3) is 15.9 Å². The van der Waals surface area contributed by atoms with E-state index in [-0.39, 0.29) is 47.3 Å². The minimum Gasteiger partial charge on any atom is -0.475 e. The zero-order chi connectivity index (χ0) is 33.7. The topological polar surface area (TPSA) is 147 Å². The molecular weight excluding hydrogens is 616 g/mol. The molecule has 12 heteroatoms. The second-order valence-electron chi connectivity index (χ2n) is 12.3. The summed E-state index contributed by atoms with van der Waals surface area (Å²) in [4.78, 5) is 29.4. The van der Waals surface area contributed by atoms with Crippen molar-refractivity contribution in [2.45, 2.75) is 71.0 Å². The average molecular weight is 659 g/mol. The minimum absolute atomic E-state index is 0.0853. The number of amides is 1. The van der Waals surface area contributed by atoms with Crippen LogP contribution < -0.4 is 14.8 Å². The molecule has 0 radical (unpaired) electrons. The first-order chi connectivity index (χ1) is 22.4. The number of pyridine rings is 1. The van der Waals surface area contributed by atoms with Crippen LogP contribution in [-0.4, -0.2) is 64.6 Å². The molecule has 0 saturated heterocycles. The lowest BCUT2D eigenvalue weighted by Crippen LogP contribution is -2.44. The zero-order valence-corrected chi connectivity index (χ0v) is 28.2. The number of carbonyl (C=O) groups excluding carboxylic acids is 1. The Balaban J connectivity index is 1.57. The van der Waals surface area contributed by atoms with Gasteiger partial charge in [-0.15, -0.1) is 0 Å². The molecule has 2 aromatic heterocycles. The van der Waals surface area contributed by atoms with E-state index in [1.807, 2.05) is 51.1 Å². The molecule has 0 saturated carbocycles. The van der Waals surface area contributed by atoms with E-state index in [0.29, 0.717) is 30.9 Å². The third-order valence-corrected chi connectivity index (χ3v) is 9.42. The van der Waals surface area contributed by atoms with Crippen LogP contribution in [0.3, 0.4) is 0 Å². The molecule has 0 unspecified atom stereocenters. The molecule has 4 bridgehead atoms. The first-order valence-corrected chi connectivity index (χ1v) is 17.3. The molecule has 0 aliphatic carbocycles. The smallest absolute Gasteiger partial charge is 0.264 e. The van der Waals surface area contributed by atoms with Crippen LogP contribution in [0.15, 0.2) is 71.8 Å². The lowest BCUT2D eigenvalue weighted by Gasteiger charge is -2.33. The Morgan fingerprint density at radius 1 is 1.06 bits per heavy atom. The number of hydrogen-bond donors (Lipinski definition) is 3. The first-order valence-electron chi connectivity index (χ1n) is 15.8. The maximum atomic E-state index is 14.3. The van der Waals surface area contributed by atoms with Crippen LogP contribution in [0.4, 0.5) is 11.8 Å². The van der Waals surface area contributed by atoms with E-state index in [1.165, 1.54) is 12.1 Å². The summed E-state index contributed by atoms with van der Waals surface area (Å²) in [6.07, 6.45) is 2.46. The Bertz CT molecular complexity index is 1810. The first kappa shape index (κ1) is 33.8. The lowest BCUT2D eigenvalue weighted by atomic mass is 10.00. The number of ether oxygens (including phenoxy) is 1. The van der Waals surface area contributed by atoms with Crippen molar-refractivity contribution in [3.05, 3.63) is 89.1 Å². The number of carbonyl (C=O) groups is 1. The van der Waals surface area contributed by atoms with Crippen molar-refractivity contribution in [3.63, 3.8) is 0 Å². The number of aryl methyl sites for hydroxylation is 2. The van der Waals surface area contributed by atoms with E-state index in [9.17, 15) is 18.3 Å². The number of sulfonamides is 1. The predicted molar refractivity (Wildman–Crippen MR) is 182 cm³/mol. The molecule has 4 aromatic rings. The fourth-order valence-electron chi connectivity index (χ4n) is 5.60. The summed E-state index contributed by atoms with van der Waals surface area (Å²) in [7, 11) is -4.16. The van der Waals surface area contributed by atoms with Gasteiger partial charge in [0.05, 0.1) is 22.7 Å². The van der Waals surface area contributed by atoms with Gasteiger partial charge in [0.2, 0.25) is 11.8 Å². The molecule has 3 N–H and O–H groups in total. The van der Waals surface area contributed by atoms with Gasteiger partial charge in [-0.2, -0.15) is 4.98 Å². The molecule has 11 nitrogen and oxygen atoms in total. The number of hydrogen-bond acceptors (Lipinski definition) is 9. The zero-order valence-electron chi connectivity index (χ0n) is 27.4. The maximum absolute atomic E-state index is 14.3. The molecule has 248 valence electrons. The normalized spacial score (nSPS) is 16.7. The van der Waals surface area contributed by atoms with Crippen LogP contribution in [0.25, 0.3) is 11.3 Å². The van der Waals surface area contributed by atoms with E-state index in [0.717, 1.165) is 22.3 Å². The van der Waals surface area contributed by atoms with Crippen molar-refractivity contribution in [1.29, 1.82) is 0 Å². The van der Waals surface area contributed by atoms with Crippen LogP contribution in [0, 0.1) is 19.8 Å². The lowest BCUT2D eigenvalue weighted by molar-refractivity contribution is 0.0553. The second-order valence-corrected chi connectivity index (χ2v) is 14.0. The summed E-state index contributed by atoms with van der Waals surface area (Å²) in [5, 5.41) is 13.0. The second kappa shape index (κ2) is 14.5. The van der Waals surface area contributed by atoms with E-state index in [1.54, 1.807) is 29.3 Å². The molecule has 47 heavy (non-hydrogen) atoms. The SMILES string of the molecule is CC[C@H](O)CNc1ccc(CN2C(=O)c3cccc(c3)S(=O)(=O)Nc3nc(cc(-c4c(C)cccc4C)n3)OC[C@H]2CC(C)C)cn1.